The molecule has 1 heterocycles. The van der Waals surface area contributed by atoms with Crippen molar-refractivity contribution in [3.63, 3.8) is 0 Å². The van der Waals surface area contributed by atoms with Crippen LogP contribution in [0.3, 0.4) is 0 Å². The van der Waals surface area contributed by atoms with Crippen LogP contribution < -0.4 is 10.6 Å². The maximum absolute atomic E-state index is 12.9. The van der Waals surface area contributed by atoms with E-state index in [4.69, 9.17) is 5.73 Å². The maximum atomic E-state index is 12.9. The third kappa shape index (κ3) is 2.62. The fraction of sp³-hybridized carbons (Fsp3) is 0.231. The monoisotopic (exact) mass is 246 g/mol. The largest absolute Gasteiger partial charge is 0.326 e. The van der Waals surface area contributed by atoms with Gasteiger partial charge in [-0.05, 0) is 31.2 Å². The first-order chi connectivity index (χ1) is 8.74. The summed E-state index contributed by atoms with van der Waals surface area (Å²) in [7, 11) is 0. The predicted octanol–water partition coefficient (Wildman–Crippen LogP) is 2.23. The van der Waals surface area contributed by atoms with Crippen molar-refractivity contribution in [1.29, 1.82) is 0 Å². The number of hydrogen-bond acceptors (Lipinski definition) is 4. The Morgan fingerprint density at radius 3 is 2.28 bits per heavy atom. The molecule has 0 bridgehead atoms. The normalized spacial score (nSPS) is 10.4. The fourth-order valence-corrected chi connectivity index (χ4v) is 1.65. The first kappa shape index (κ1) is 12.4. The lowest BCUT2D eigenvalue weighted by Crippen LogP contribution is -2.19. The molecule has 0 spiro atoms. The van der Waals surface area contributed by atoms with Gasteiger partial charge in [0, 0.05) is 36.7 Å². The molecule has 0 atom stereocenters. The van der Waals surface area contributed by atoms with Gasteiger partial charge in [0.25, 0.3) is 0 Å². The van der Waals surface area contributed by atoms with Crippen molar-refractivity contribution in [1.82, 2.24) is 9.97 Å². The Balaban J connectivity index is 2.29. The zero-order chi connectivity index (χ0) is 13.0. The lowest BCUT2D eigenvalue weighted by Gasteiger charge is -2.20. The number of aromatic nitrogens is 2. The van der Waals surface area contributed by atoms with Crippen LogP contribution in [0.4, 0.5) is 16.0 Å². The van der Waals surface area contributed by atoms with Gasteiger partial charge in [0.15, 0.2) is 0 Å². The number of nitrogens with two attached hydrogens (primary N) is 1. The van der Waals surface area contributed by atoms with Crippen molar-refractivity contribution < 1.29 is 4.39 Å². The van der Waals surface area contributed by atoms with E-state index < -0.39 is 0 Å². The van der Waals surface area contributed by atoms with E-state index in [0.717, 1.165) is 11.3 Å². The summed E-state index contributed by atoms with van der Waals surface area (Å²) < 4.78 is 12.9. The van der Waals surface area contributed by atoms with Gasteiger partial charge in [-0.2, -0.15) is 0 Å². The second kappa shape index (κ2) is 5.55. The summed E-state index contributed by atoms with van der Waals surface area (Å²) in [6.07, 6.45) is 3.41. The molecule has 2 aromatic rings. The molecule has 18 heavy (non-hydrogen) atoms. The van der Waals surface area contributed by atoms with Crippen LogP contribution in [0, 0.1) is 5.82 Å². The molecule has 0 aliphatic heterocycles. The van der Waals surface area contributed by atoms with E-state index in [1.165, 1.54) is 12.1 Å². The smallest absolute Gasteiger partial charge is 0.229 e. The molecular weight excluding hydrogens is 231 g/mol. The first-order valence-electron chi connectivity index (χ1n) is 5.78. The van der Waals surface area contributed by atoms with Gasteiger partial charge in [-0.3, -0.25) is 0 Å². The van der Waals surface area contributed by atoms with Crippen molar-refractivity contribution in [3.8, 4) is 0 Å². The SMILES string of the molecule is CCN(c1ccc(F)cc1)c1ncc(CN)cn1. The van der Waals surface area contributed by atoms with Crippen LogP contribution in [-0.2, 0) is 6.54 Å². The van der Waals surface area contributed by atoms with E-state index in [0.29, 0.717) is 19.0 Å². The molecule has 0 unspecified atom stereocenters. The van der Waals surface area contributed by atoms with E-state index >= 15 is 0 Å². The van der Waals surface area contributed by atoms with Crippen LogP contribution in [0.5, 0.6) is 0 Å². The van der Waals surface area contributed by atoms with Gasteiger partial charge < -0.3 is 10.6 Å². The summed E-state index contributed by atoms with van der Waals surface area (Å²) in [6, 6.07) is 6.26. The summed E-state index contributed by atoms with van der Waals surface area (Å²) in [5, 5.41) is 0. The molecule has 94 valence electrons. The average molecular weight is 246 g/mol. The number of rotatable bonds is 4. The van der Waals surface area contributed by atoms with E-state index in [1.807, 2.05) is 11.8 Å². The third-order valence-corrected chi connectivity index (χ3v) is 2.62. The van der Waals surface area contributed by atoms with Gasteiger partial charge >= 0.3 is 0 Å². The Bertz CT molecular complexity index is 495. The molecule has 0 amide bonds. The minimum atomic E-state index is -0.255. The van der Waals surface area contributed by atoms with Gasteiger partial charge in [-0.15, -0.1) is 0 Å². The number of hydrogen-bond donors (Lipinski definition) is 1. The highest BCUT2D eigenvalue weighted by molar-refractivity contribution is 5.56. The van der Waals surface area contributed by atoms with Crippen molar-refractivity contribution in [2.75, 3.05) is 11.4 Å². The van der Waals surface area contributed by atoms with Crippen molar-refractivity contribution in [2.45, 2.75) is 13.5 Å². The summed E-state index contributed by atoms with van der Waals surface area (Å²) >= 11 is 0. The van der Waals surface area contributed by atoms with Crippen LogP contribution in [0.15, 0.2) is 36.7 Å². The highest BCUT2D eigenvalue weighted by Crippen LogP contribution is 2.21. The topological polar surface area (TPSA) is 55.0 Å². The first-order valence-corrected chi connectivity index (χ1v) is 5.78. The molecular formula is C13H15FN4. The van der Waals surface area contributed by atoms with Gasteiger partial charge in [0.05, 0.1) is 0 Å². The summed E-state index contributed by atoms with van der Waals surface area (Å²) in [4.78, 5) is 10.4. The minimum absolute atomic E-state index is 0.255. The molecule has 4 nitrogen and oxygen atoms in total. The van der Waals surface area contributed by atoms with Crippen LogP contribution in [0.25, 0.3) is 0 Å². The molecule has 2 rings (SSSR count). The van der Waals surface area contributed by atoms with Gasteiger partial charge in [0.1, 0.15) is 5.82 Å². The standard InChI is InChI=1S/C13H15FN4/c1-2-18(12-5-3-11(14)4-6-12)13-16-8-10(7-15)9-17-13/h3-6,8-9H,2,7,15H2,1H3. The lowest BCUT2D eigenvalue weighted by atomic mass is 10.3. The molecule has 1 aromatic carbocycles. The average Bonchev–Trinajstić information content (AvgIpc) is 2.42. The van der Waals surface area contributed by atoms with Gasteiger partial charge in [-0.25, -0.2) is 14.4 Å². The van der Waals surface area contributed by atoms with Crippen LogP contribution in [0.2, 0.25) is 0 Å². The Kier molecular flexibility index (Phi) is 3.84. The molecule has 0 fully saturated rings. The molecule has 0 aliphatic rings. The Hall–Kier alpha value is -2.01. The van der Waals surface area contributed by atoms with Crippen LogP contribution in [0.1, 0.15) is 12.5 Å². The molecule has 5 heteroatoms. The molecule has 0 aliphatic carbocycles. The van der Waals surface area contributed by atoms with Crippen molar-refractivity contribution in [2.24, 2.45) is 5.73 Å². The number of nitrogens with zero attached hydrogens (tertiary/aromatic N) is 3. The van der Waals surface area contributed by atoms with Crippen LogP contribution in [-0.4, -0.2) is 16.5 Å². The molecule has 0 saturated carbocycles. The zero-order valence-corrected chi connectivity index (χ0v) is 10.2. The highest BCUT2D eigenvalue weighted by atomic mass is 19.1. The maximum Gasteiger partial charge on any atom is 0.229 e. The molecule has 0 radical (unpaired) electrons. The second-order valence-electron chi connectivity index (χ2n) is 3.82. The van der Waals surface area contributed by atoms with Crippen molar-refractivity contribution in [3.05, 3.63) is 48.0 Å². The number of benzene rings is 1. The molecule has 0 saturated heterocycles. The van der Waals surface area contributed by atoms with Crippen LogP contribution >= 0.6 is 0 Å². The lowest BCUT2D eigenvalue weighted by molar-refractivity contribution is 0.627. The Morgan fingerprint density at radius 1 is 1.17 bits per heavy atom. The number of halogens is 1. The summed E-state index contributed by atoms with van der Waals surface area (Å²) in [6.45, 7) is 3.11. The van der Waals surface area contributed by atoms with E-state index in [-0.39, 0.29) is 5.82 Å². The zero-order valence-electron chi connectivity index (χ0n) is 10.2. The number of anilines is 2. The van der Waals surface area contributed by atoms with E-state index in [9.17, 15) is 4.39 Å². The van der Waals surface area contributed by atoms with Crippen molar-refractivity contribution >= 4 is 11.6 Å². The summed E-state index contributed by atoms with van der Waals surface area (Å²) in [5.74, 6) is 0.329. The molecule has 1 aromatic heterocycles. The van der Waals surface area contributed by atoms with Gasteiger partial charge in [-0.1, -0.05) is 0 Å². The Morgan fingerprint density at radius 2 is 1.78 bits per heavy atom. The highest BCUT2D eigenvalue weighted by Gasteiger charge is 2.09. The second-order valence-corrected chi connectivity index (χ2v) is 3.82. The van der Waals surface area contributed by atoms with E-state index in [2.05, 4.69) is 9.97 Å². The minimum Gasteiger partial charge on any atom is -0.326 e. The predicted molar refractivity (Wildman–Crippen MR) is 69.0 cm³/mol. The van der Waals surface area contributed by atoms with Gasteiger partial charge in [0.2, 0.25) is 5.95 Å². The fourth-order valence-electron chi connectivity index (χ4n) is 1.65. The molecule has 2 N–H and O–H groups in total. The van der Waals surface area contributed by atoms with E-state index in [1.54, 1.807) is 24.5 Å². The third-order valence-electron chi connectivity index (χ3n) is 2.62. The quantitative estimate of drug-likeness (QED) is 0.898. The summed E-state index contributed by atoms with van der Waals surface area (Å²) in [5.41, 5.74) is 7.24. The Labute approximate surface area is 105 Å².